The Morgan fingerprint density at radius 1 is 1.05 bits per heavy atom. The maximum absolute atomic E-state index is 13.8. The highest BCUT2D eigenvalue weighted by Crippen LogP contribution is 2.36. The van der Waals surface area contributed by atoms with E-state index in [1.54, 1.807) is 0 Å². The lowest BCUT2D eigenvalue weighted by Gasteiger charge is -2.30. The van der Waals surface area contributed by atoms with E-state index in [9.17, 15) is 14.4 Å². The molecule has 0 aromatic heterocycles. The first kappa shape index (κ1) is 28.7. The number of alkyl carbamates (subject to hydrolysis) is 1. The molecule has 1 aliphatic heterocycles. The quantitative estimate of drug-likeness (QED) is 0.318. The number of benzene rings is 2. The number of rotatable bonds is 12. The van der Waals surface area contributed by atoms with Crippen LogP contribution in [0.2, 0.25) is 0 Å². The number of guanidine groups is 1. The maximum atomic E-state index is 13.8. The van der Waals surface area contributed by atoms with Crippen LogP contribution in [0.5, 0.6) is 0 Å². The van der Waals surface area contributed by atoms with Gasteiger partial charge in [-0.15, -0.1) is 0 Å². The first-order chi connectivity index (χ1) is 18.2. The normalized spacial score (nSPS) is 18.6. The van der Waals surface area contributed by atoms with Gasteiger partial charge in [-0.2, -0.15) is 0 Å². The molecule has 0 spiro atoms. The Morgan fingerprint density at radius 3 is 2.29 bits per heavy atom. The SMILES string of the molecule is COC(=O)N[C@@H](Cc1ccccc1)C(=O)NCCCC(C)N1C(=N)NC(CC(C)C)(c2ccccc2)C1=O. The van der Waals surface area contributed by atoms with E-state index in [0.717, 1.165) is 11.1 Å². The van der Waals surface area contributed by atoms with Crippen molar-refractivity contribution in [3.8, 4) is 0 Å². The van der Waals surface area contributed by atoms with Crippen molar-refractivity contribution in [2.24, 2.45) is 5.92 Å². The van der Waals surface area contributed by atoms with Crippen LogP contribution in [0.1, 0.15) is 51.2 Å². The van der Waals surface area contributed by atoms with E-state index in [0.29, 0.717) is 32.2 Å². The van der Waals surface area contributed by atoms with Gasteiger partial charge >= 0.3 is 6.09 Å². The second-order valence-electron chi connectivity index (χ2n) is 10.2. The number of amides is 3. The maximum Gasteiger partial charge on any atom is 0.407 e. The lowest BCUT2D eigenvalue weighted by atomic mass is 9.82. The third kappa shape index (κ3) is 6.90. The van der Waals surface area contributed by atoms with Crippen LogP contribution in [0, 0.1) is 11.3 Å². The predicted molar refractivity (Wildman–Crippen MR) is 146 cm³/mol. The third-order valence-corrected chi connectivity index (χ3v) is 6.75. The largest absolute Gasteiger partial charge is 0.453 e. The Kier molecular flexibility index (Phi) is 9.87. The summed E-state index contributed by atoms with van der Waals surface area (Å²) in [5, 5.41) is 17.3. The zero-order valence-electron chi connectivity index (χ0n) is 22.6. The lowest BCUT2D eigenvalue weighted by molar-refractivity contribution is -0.133. The van der Waals surface area contributed by atoms with Crippen LogP contribution < -0.4 is 16.0 Å². The number of nitrogens with zero attached hydrogens (tertiary/aromatic N) is 1. The summed E-state index contributed by atoms with van der Waals surface area (Å²) in [5.41, 5.74) is 0.812. The highest BCUT2D eigenvalue weighted by atomic mass is 16.5. The molecule has 1 saturated heterocycles. The number of ether oxygens (including phenoxy) is 1. The average molecular weight is 522 g/mol. The Labute approximate surface area is 224 Å². The van der Waals surface area contributed by atoms with Crippen molar-refractivity contribution in [2.45, 2.75) is 64.1 Å². The molecule has 0 aliphatic carbocycles. The number of nitrogens with one attached hydrogen (secondary N) is 4. The topological polar surface area (TPSA) is 124 Å². The van der Waals surface area contributed by atoms with Crippen molar-refractivity contribution < 1.29 is 19.1 Å². The summed E-state index contributed by atoms with van der Waals surface area (Å²) in [7, 11) is 1.26. The molecule has 1 heterocycles. The highest BCUT2D eigenvalue weighted by Gasteiger charge is 2.52. The summed E-state index contributed by atoms with van der Waals surface area (Å²) in [4.78, 5) is 39.9. The highest BCUT2D eigenvalue weighted by molar-refractivity contribution is 6.08. The third-order valence-electron chi connectivity index (χ3n) is 6.75. The van der Waals surface area contributed by atoms with Crippen LogP contribution in [-0.4, -0.2) is 54.5 Å². The fourth-order valence-corrected chi connectivity index (χ4v) is 4.95. The van der Waals surface area contributed by atoms with Crippen molar-refractivity contribution in [1.82, 2.24) is 20.9 Å². The van der Waals surface area contributed by atoms with Crippen LogP contribution in [0.15, 0.2) is 60.7 Å². The van der Waals surface area contributed by atoms with Crippen LogP contribution in [0.25, 0.3) is 0 Å². The fraction of sp³-hybridized carbons (Fsp3) is 0.448. The molecule has 1 fully saturated rings. The minimum Gasteiger partial charge on any atom is -0.453 e. The molecule has 4 N–H and O–H groups in total. The molecule has 0 bridgehead atoms. The Hall–Kier alpha value is -3.88. The van der Waals surface area contributed by atoms with E-state index in [1.165, 1.54) is 12.0 Å². The molecule has 204 valence electrons. The van der Waals surface area contributed by atoms with E-state index in [4.69, 9.17) is 5.41 Å². The van der Waals surface area contributed by atoms with E-state index < -0.39 is 17.7 Å². The molecular formula is C29H39N5O4. The zero-order valence-corrected chi connectivity index (χ0v) is 22.6. The summed E-state index contributed by atoms with van der Waals surface area (Å²) in [5.74, 6) is -0.0867. The smallest absolute Gasteiger partial charge is 0.407 e. The van der Waals surface area contributed by atoms with Crippen molar-refractivity contribution in [1.29, 1.82) is 5.41 Å². The van der Waals surface area contributed by atoms with Gasteiger partial charge in [0.25, 0.3) is 5.91 Å². The molecule has 2 aromatic rings. The van der Waals surface area contributed by atoms with E-state index in [2.05, 4.69) is 34.5 Å². The minimum absolute atomic E-state index is 0.0984. The van der Waals surface area contributed by atoms with Gasteiger partial charge < -0.3 is 20.7 Å². The molecule has 3 amide bonds. The molecule has 38 heavy (non-hydrogen) atoms. The van der Waals surface area contributed by atoms with Crippen molar-refractivity contribution in [3.63, 3.8) is 0 Å². The number of hydrogen-bond acceptors (Lipinski definition) is 5. The lowest BCUT2D eigenvalue weighted by Crippen LogP contribution is -2.48. The Morgan fingerprint density at radius 2 is 1.68 bits per heavy atom. The van der Waals surface area contributed by atoms with Crippen LogP contribution in [-0.2, 0) is 26.3 Å². The summed E-state index contributed by atoms with van der Waals surface area (Å²) in [6, 6.07) is 18.0. The van der Waals surface area contributed by atoms with Gasteiger partial charge in [-0.05, 0) is 43.2 Å². The Bertz CT molecular complexity index is 1110. The van der Waals surface area contributed by atoms with Gasteiger partial charge in [0.2, 0.25) is 5.91 Å². The first-order valence-corrected chi connectivity index (χ1v) is 13.1. The molecule has 0 radical (unpaired) electrons. The first-order valence-electron chi connectivity index (χ1n) is 13.1. The molecule has 9 heteroatoms. The minimum atomic E-state index is -0.959. The van der Waals surface area contributed by atoms with Gasteiger partial charge in [0.05, 0.1) is 7.11 Å². The van der Waals surface area contributed by atoms with Crippen LogP contribution >= 0.6 is 0 Å². The van der Waals surface area contributed by atoms with E-state index >= 15 is 0 Å². The molecule has 2 aromatic carbocycles. The van der Waals surface area contributed by atoms with Crippen molar-refractivity contribution in [3.05, 3.63) is 71.8 Å². The van der Waals surface area contributed by atoms with Crippen LogP contribution in [0.4, 0.5) is 4.79 Å². The molecule has 3 rings (SSSR count). The van der Waals surface area contributed by atoms with E-state index in [-0.39, 0.29) is 29.7 Å². The fourth-order valence-electron chi connectivity index (χ4n) is 4.95. The number of hydrogen-bond donors (Lipinski definition) is 4. The Balaban J connectivity index is 1.59. The molecule has 0 saturated carbocycles. The monoisotopic (exact) mass is 521 g/mol. The molecule has 1 aliphatic rings. The van der Waals surface area contributed by atoms with Gasteiger partial charge in [0.1, 0.15) is 11.6 Å². The standard InChI is InChI=1S/C29H39N5O4/c1-20(2)19-29(23-15-9-6-10-16-23)26(36)34(27(30)33-29)21(3)12-11-17-31-25(35)24(32-28(37)38-4)18-22-13-7-5-8-14-22/h5-10,13-16,20-21,24H,11-12,17-19H2,1-4H3,(H2,30,33)(H,31,35)(H,32,37)/t21?,24-,29?/m0/s1. The van der Waals surface area contributed by atoms with Gasteiger partial charge in [-0.25, -0.2) is 4.79 Å². The van der Waals surface area contributed by atoms with Gasteiger partial charge in [0.15, 0.2) is 5.96 Å². The molecular weight excluding hydrogens is 482 g/mol. The number of carbonyl (C=O) groups excluding carboxylic acids is 3. The van der Waals surface area contributed by atoms with Crippen LogP contribution in [0.3, 0.4) is 0 Å². The summed E-state index contributed by atoms with van der Waals surface area (Å²) < 4.78 is 4.68. The predicted octanol–water partition coefficient (Wildman–Crippen LogP) is 3.55. The second kappa shape index (κ2) is 13.1. The van der Waals surface area contributed by atoms with Gasteiger partial charge in [-0.1, -0.05) is 74.5 Å². The summed E-state index contributed by atoms with van der Waals surface area (Å²) in [6.07, 6.45) is 1.43. The average Bonchev–Trinajstić information content (AvgIpc) is 3.16. The summed E-state index contributed by atoms with van der Waals surface area (Å²) >= 11 is 0. The molecule has 3 atom stereocenters. The van der Waals surface area contributed by atoms with E-state index in [1.807, 2.05) is 67.6 Å². The van der Waals surface area contributed by atoms with Gasteiger partial charge in [-0.3, -0.25) is 19.9 Å². The number of carbonyl (C=O) groups is 3. The van der Waals surface area contributed by atoms with Crippen molar-refractivity contribution in [2.75, 3.05) is 13.7 Å². The van der Waals surface area contributed by atoms with Crippen molar-refractivity contribution >= 4 is 23.9 Å². The number of methoxy groups -OCH3 is 1. The molecule has 2 unspecified atom stereocenters. The zero-order chi connectivity index (χ0) is 27.7. The van der Waals surface area contributed by atoms with Gasteiger partial charge in [0, 0.05) is 19.0 Å². The summed E-state index contributed by atoms with van der Waals surface area (Å²) in [6.45, 7) is 6.43. The second-order valence-corrected chi connectivity index (χ2v) is 10.2. The molecule has 9 nitrogen and oxygen atoms in total.